The molecular formula is C23H24F3N3O2. The van der Waals surface area contributed by atoms with Gasteiger partial charge in [0.25, 0.3) is 5.91 Å². The number of fused-ring (bicyclic) bond motifs is 1. The zero-order valence-corrected chi connectivity index (χ0v) is 17.2. The number of carbonyl (C=O) groups is 1. The number of amides is 1. The first kappa shape index (κ1) is 21.2. The SMILES string of the molecule is CC(Oc1ccccc1)C(=O)N1CCC(Cn2c(C(F)(F)F)nc3ccccc32)CC1. The van der Waals surface area contributed by atoms with Gasteiger partial charge in [-0.3, -0.25) is 4.79 Å². The molecule has 164 valence electrons. The molecule has 1 amide bonds. The maximum Gasteiger partial charge on any atom is 0.449 e. The first-order chi connectivity index (χ1) is 14.8. The standard InChI is InChI=1S/C23H24F3N3O2/c1-16(31-18-7-3-2-4-8-18)21(30)28-13-11-17(12-14-28)15-29-20-10-6-5-9-19(20)27-22(29)23(24,25)26/h2-10,16-17H,11-15H2,1H3. The molecule has 0 spiro atoms. The fourth-order valence-electron chi connectivity index (χ4n) is 4.08. The number of nitrogens with zero attached hydrogens (tertiary/aromatic N) is 3. The molecule has 8 heteroatoms. The Kier molecular flexibility index (Phi) is 5.89. The zero-order valence-electron chi connectivity index (χ0n) is 17.2. The van der Waals surface area contributed by atoms with E-state index in [1.807, 2.05) is 18.2 Å². The number of halogens is 3. The van der Waals surface area contributed by atoms with Crippen LogP contribution in [0.15, 0.2) is 54.6 Å². The minimum atomic E-state index is -4.51. The molecule has 1 aliphatic heterocycles. The molecule has 0 saturated carbocycles. The number of aromatic nitrogens is 2. The van der Waals surface area contributed by atoms with Crippen LogP contribution in [-0.4, -0.2) is 39.6 Å². The van der Waals surface area contributed by atoms with Gasteiger partial charge in [-0.15, -0.1) is 0 Å². The van der Waals surface area contributed by atoms with E-state index in [-0.39, 0.29) is 18.4 Å². The highest BCUT2D eigenvalue weighted by Crippen LogP contribution is 2.33. The normalized spacial score (nSPS) is 16.5. The third kappa shape index (κ3) is 4.68. The van der Waals surface area contributed by atoms with Crippen LogP contribution in [0.25, 0.3) is 11.0 Å². The van der Waals surface area contributed by atoms with Crippen LogP contribution in [0.1, 0.15) is 25.6 Å². The lowest BCUT2D eigenvalue weighted by Crippen LogP contribution is -2.45. The Morgan fingerprint density at radius 2 is 1.74 bits per heavy atom. The fraction of sp³-hybridized carbons (Fsp3) is 0.391. The molecule has 1 unspecified atom stereocenters. The van der Waals surface area contributed by atoms with Crippen molar-refractivity contribution in [1.82, 2.24) is 14.5 Å². The van der Waals surface area contributed by atoms with Crippen molar-refractivity contribution in [2.45, 2.75) is 38.6 Å². The maximum absolute atomic E-state index is 13.5. The Balaban J connectivity index is 1.40. The molecule has 0 N–H and O–H groups in total. The number of ether oxygens (including phenoxy) is 1. The number of hydrogen-bond acceptors (Lipinski definition) is 3. The first-order valence-corrected chi connectivity index (χ1v) is 10.4. The van der Waals surface area contributed by atoms with Crippen LogP contribution in [0.4, 0.5) is 13.2 Å². The lowest BCUT2D eigenvalue weighted by atomic mass is 9.96. The molecular weight excluding hydrogens is 407 g/mol. The topological polar surface area (TPSA) is 47.4 Å². The molecule has 1 atom stereocenters. The van der Waals surface area contributed by atoms with E-state index in [2.05, 4.69) is 4.98 Å². The minimum absolute atomic E-state index is 0.0353. The fourth-order valence-corrected chi connectivity index (χ4v) is 4.08. The van der Waals surface area contributed by atoms with Gasteiger partial charge in [0.05, 0.1) is 11.0 Å². The van der Waals surface area contributed by atoms with Crippen molar-refractivity contribution in [3.05, 3.63) is 60.4 Å². The predicted octanol–water partition coefficient (Wildman–Crippen LogP) is 4.76. The second kappa shape index (κ2) is 8.61. The Labute approximate surface area is 178 Å². The second-order valence-electron chi connectivity index (χ2n) is 7.87. The number of hydrogen-bond donors (Lipinski definition) is 0. The predicted molar refractivity (Wildman–Crippen MR) is 111 cm³/mol. The van der Waals surface area contributed by atoms with Gasteiger partial charge in [0, 0.05) is 19.6 Å². The van der Waals surface area contributed by atoms with E-state index in [1.54, 1.807) is 48.2 Å². The minimum Gasteiger partial charge on any atom is -0.481 e. The summed E-state index contributed by atoms with van der Waals surface area (Å²) >= 11 is 0. The number of benzene rings is 2. The molecule has 3 aromatic rings. The summed E-state index contributed by atoms with van der Waals surface area (Å²) in [6, 6.07) is 15.8. The molecule has 0 bridgehead atoms. The number of imidazole rings is 1. The summed E-state index contributed by atoms with van der Waals surface area (Å²) < 4.78 is 47.6. The number of likely N-dealkylation sites (tertiary alicyclic amines) is 1. The average molecular weight is 431 g/mol. The molecule has 0 aliphatic carbocycles. The lowest BCUT2D eigenvalue weighted by molar-refractivity contribution is -0.147. The van der Waals surface area contributed by atoms with Gasteiger partial charge < -0.3 is 14.2 Å². The van der Waals surface area contributed by atoms with Crippen molar-refractivity contribution in [2.75, 3.05) is 13.1 Å². The van der Waals surface area contributed by atoms with Crippen molar-refractivity contribution in [1.29, 1.82) is 0 Å². The Morgan fingerprint density at radius 3 is 2.42 bits per heavy atom. The van der Waals surface area contributed by atoms with Gasteiger partial charge >= 0.3 is 6.18 Å². The van der Waals surface area contributed by atoms with Crippen molar-refractivity contribution >= 4 is 16.9 Å². The highest BCUT2D eigenvalue weighted by molar-refractivity contribution is 5.81. The molecule has 1 fully saturated rings. The Hall–Kier alpha value is -3.03. The number of para-hydroxylation sites is 3. The molecule has 0 radical (unpaired) electrons. The maximum atomic E-state index is 13.5. The van der Waals surface area contributed by atoms with E-state index in [0.717, 1.165) is 0 Å². The third-order valence-corrected chi connectivity index (χ3v) is 5.68. The molecule has 5 nitrogen and oxygen atoms in total. The van der Waals surface area contributed by atoms with E-state index >= 15 is 0 Å². The van der Waals surface area contributed by atoms with Crippen molar-refractivity contribution in [2.24, 2.45) is 5.92 Å². The summed E-state index contributed by atoms with van der Waals surface area (Å²) in [6.45, 7) is 2.95. The zero-order chi connectivity index (χ0) is 22.0. The van der Waals surface area contributed by atoms with Gasteiger partial charge in [-0.1, -0.05) is 30.3 Å². The van der Waals surface area contributed by atoms with Gasteiger partial charge in [0.15, 0.2) is 6.10 Å². The van der Waals surface area contributed by atoms with Crippen molar-refractivity contribution in [3.63, 3.8) is 0 Å². The molecule has 1 aromatic heterocycles. The second-order valence-corrected chi connectivity index (χ2v) is 7.87. The van der Waals surface area contributed by atoms with Gasteiger partial charge in [-0.25, -0.2) is 4.98 Å². The summed E-state index contributed by atoms with van der Waals surface area (Å²) in [5.41, 5.74) is 0.826. The van der Waals surface area contributed by atoms with E-state index in [4.69, 9.17) is 4.74 Å². The Morgan fingerprint density at radius 1 is 1.10 bits per heavy atom. The first-order valence-electron chi connectivity index (χ1n) is 10.4. The van der Waals surface area contributed by atoms with Crippen molar-refractivity contribution in [3.8, 4) is 5.75 Å². The van der Waals surface area contributed by atoms with E-state index in [1.165, 1.54) is 4.57 Å². The van der Waals surface area contributed by atoms with E-state index < -0.39 is 18.1 Å². The smallest absolute Gasteiger partial charge is 0.449 e. The quantitative estimate of drug-likeness (QED) is 0.585. The largest absolute Gasteiger partial charge is 0.481 e. The highest BCUT2D eigenvalue weighted by atomic mass is 19.4. The van der Waals surface area contributed by atoms with Gasteiger partial charge in [0.1, 0.15) is 5.75 Å². The molecule has 2 heterocycles. The van der Waals surface area contributed by atoms with Gasteiger partial charge in [-0.05, 0) is 49.9 Å². The number of carbonyl (C=O) groups excluding carboxylic acids is 1. The molecule has 4 rings (SSSR count). The van der Waals surface area contributed by atoms with Gasteiger partial charge in [-0.2, -0.15) is 13.2 Å². The lowest BCUT2D eigenvalue weighted by Gasteiger charge is -2.34. The number of piperidine rings is 1. The van der Waals surface area contributed by atoms with Gasteiger partial charge in [0.2, 0.25) is 5.82 Å². The van der Waals surface area contributed by atoms with Crippen LogP contribution >= 0.6 is 0 Å². The molecule has 31 heavy (non-hydrogen) atoms. The molecule has 1 saturated heterocycles. The average Bonchev–Trinajstić information content (AvgIpc) is 3.13. The summed E-state index contributed by atoms with van der Waals surface area (Å²) in [7, 11) is 0. The summed E-state index contributed by atoms with van der Waals surface area (Å²) in [6.07, 6.45) is -3.87. The van der Waals surface area contributed by atoms with Crippen LogP contribution in [0, 0.1) is 5.92 Å². The van der Waals surface area contributed by atoms with Crippen LogP contribution in [-0.2, 0) is 17.5 Å². The van der Waals surface area contributed by atoms with Crippen LogP contribution < -0.4 is 4.74 Å². The molecule has 1 aliphatic rings. The summed E-state index contributed by atoms with van der Waals surface area (Å²) in [5, 5.41) is 0. The van der Waals surface area contributed by atoms with E-state index in [9.17, 15) is 18.0 Å². The van der Waals surface area contributed by atoms with Crippen LogP contribution in [0.3, 0.4) is 0 Å². The van der Waals surface area contributed by atoms with E-state index in [0.29, 0.717) is 42.7 Å². The summed E-state index contributed by atoms with van der Waals surface area (Å²) in [4.78, 5) is 18.3. The van der Waals surface area contributed by atoms with Crippen molar-refractivity contribution < 1.29 is 22.7 Å². The highest BCUT2D eigenvalue weighted by Gasteiger charge is 2.38. The molecule has 2 aromatic carbocycles. The number of rotatable bonds is 5. The van der Waals surface area contributed by atoms with Crippen LogP contribution in [0.5, 0.6) is 5.75 Å². The number of alkyl halides is 3. The summed E-state index contributed by atoms with van der Waals surface area (Å²) in [5.74, 6) is -0.304. The third-order valence-electron chi connectivity index (χ3n) is 5.68. The Bertz CT molecular complexity index is 1040. The van der Waals surface area contributed by atoms with Crippen LogP contribution in [0.2, 0.25) is 0 Å². The monoisotopic (exact) mass is 431 g/mol.